The molecular weight excluding hydrogens is 853 g/mol. The molecule has 12 nitrogen and oxygen atoms in total. The maximum absolute atomic E-state index is 13.0. The Morgan fingerprint density at radius 3 is 1.54 bits per heavy atom. The van der Waals surface area contributed by atoms with Gasteiger partial charge in [-0.3, -0.25) is 14.4 Å². The molecule has 0 aromatic carbocycles. The summed E-state index contributed by atoms with van der Waals surface area (Å²) in [5.74, 6) is -3.26. The van der Waals surface area contributed by atoms with Gasteiger partial charge < -0.3 is 39.0 Å². The molecule has 1 fully saturated rings. The van der Waals surface area contributed by atoms with E-state index in [9.17, 15) is 34.5 Å². The molecule has 6 atom stereocenters. The number of allylic oxidation sites excluding steroid dienone is 12. The molecule has 67 heavy (non-hydrogen) atoms. The Hall–Kier alpha value is -3.84. The third-order valence-corrected chi connectivity index (χ3v) is 11.3. The van der Waals surface area contributed by atoms with Gasteiger partial charge >= 0.3 is 23.9 Å². The number of aliphatic hydroxyl groups excluding tert-OH is 2. The lowest BCUT2D eigenvalue weighted by Crippen LogP contribution is -2.61. The SMILES string of the molecule is CC/C=C\C/C=C\C/C=C\C/C=C\CCC(=O)OC1C(OCC(COC(=O)CCCCCCC/C=C\CCCCCC)OC(=O)CCCCCCC/C=C\CCCC)OC(C(=O)O)C(O)C1O. The Bertz CT molecular complexity index is 1450. The first-order valence-electron chi connectivity index (χ1n) is 25.9. The topological polar surface area (TPSA) is 175 Å². The van der Waals surface area contributed by atoms with Gasteiger partial charge in [-0.1, -0.05) is 164 Å². The normalized spacial score (nSPS) is 19.4. The number of aliphatic hydroxyl groups is 2. The summed E-state index contributed by atoms with van der Waals surface area (Å²) in [5, 5.41) is 31.3. The maximum Gasteiger partial charge on any atom is 0.335 e. The number of hydrogen-bond acceptors (Lipinski definition) is 11. The lowest BCUT2D eigenvalue weighted by molar-refractivity contribution is -0.301. The highest BCUT2D eigenvalue weighted by molar-refractivity contribution is 5.74. The predicted molar refractivity (Wildman–Crippen MR) is 266 cm³/mol. The molecule has 1 aliphatic rings. The lowest BCUT2D eigenvalue weighted by Gasteiger charge is -2.40. The van der Waals surface area contributed by atoms with Crippen LogP contribution in [0, 0.1) is 0 Å². The van der Waals surface area contributed by atoms with E-state index >= 15 is 0 Å². The summed E-state index contributed by atoms with van der Waals surface area (Å²) in [5.41, 5.74) is 0. The van der Waals surface area contributed by atoms with E-state index in [0.717, 1.165) is 96.3 Å². The fraction of sp³-hybridized carbons (Fsp3) is 0.709. The minimum Gasteiger partial charge on any atom is -0.479 e. The first kappa shape index (κ1) is 61.2. The van der Waals surface area contributed by atoms with E-state index in [-0.39, 0.29) is 25.9 Å². The zero-order chi connectivity index (χ0) is 49.0. The molecule has 0 aromatic rings. The number of carboxylic acid groups (broad SMARTS) is 1. The molecule has 3 N–H and O–H groups in total. The Balaban J connectivity index is 2.79. The second kappa shape index (κ2) is 43.4. The fourth-order valence-corrected chi connectivity index (χ4v) is 7.24. The van der Waals surface area contributed by atoms with Gasteiger partial charge in [0, 0.05) is 19.3 Å². The molecule has 0 amide bonds. The minimum absolute atomic E-state index is 0.0640. The molecule has 6 unspecified atom stereocenters. The monoisotopic (exact) mass is 943 g/mol. The van der Waals surface area contributed by atoms with Crippen LogP contribution in [0.2, 0.25) is 0 Å². The summed E-state index contributed by atoms with van der Waals surface area (Å²) >= 11 is 0. The van der Waals surface area contributed by atoms with Gasteiger partial charge in [0.15, 0.2) is 24.6 Å². The molecule has 0 radical (unpaired) electrons. The van der Waals surface area contributed by atoms with Crippen molar-refractivity contribution >= 4 is 23.9 Å². The molecule has 1 saturated heterocycles. The third kappa shape index (κ3) is 34.2. The first-order valence-corrected chi connectivity index (χ1v) is 25.9. The van der Waals surface area contributed by atoms with E-state index in [2.05, 4.69) is 75.5 Å². The summed E-state index contributed by atoms with van der Waals surface area (Å²) in [4.78, 5) is 50.7. The van der Waals surface area contributed by atoms with Crippen LogP contribution in [0.3, 0.4) is 0 Å². The van der Waals surface area contributed by atoms with Crippen LogP contribution in [-0.2, 0) is 42.9 Å². The number of carbonyl (C=O) groups excluding carboxylic acids is 3. The van der Waals surface area contributed by atoms with Crippen molar-refractivity contribution in [1.82, 2.24) is 0 Å². The average molecular weight is 943 g/mol. The van der Waals surface area contributed by atoms with Gasteiger partial charge in [-0.15, -0.1) is 0 Å². The minimum atomic E-state index is -1.93. The summed E-state index contributed by atoms with van der Waals surface area (Å²) in [6.45, 7) is 5.73. The zero-order valence-corrected chi connectivity index (χ0v) is 41.6. The summed E-state index contributed by atoms with van der Waals surface area (Å²) in [6.07, 6.45) is 40.5. The lowest BCUT2D eigenvalue weighted by atomic mass is 9.98. The molecule has 1 rings (SSSR count). The molecule has 0 aromatic heterocycles. The van der Waals surface area contributed by atoms with Crippen LogP contribution in [0.1, 0.15) is 201 Å². The Kier molecular flexibility index (Phi) is 39.7. The number of ether oxygens (including phenoxy) is 5. The molecule has 1 aliphatic heterocycles. The second-order valence-electron chi connectivity index (χ2n) is 17.4. The zero-order valence-electron chi connectivity index (χ0n) is 41.6. The standard InChI is InChI=1S/C55H90O12/c1-4-7-10-13-16-19-22-24-27-29-32-35-38-41-47(56)63-44-46(65-48(57)42-39-36-33-30-26-21-18-15-12-9-6-3)45-64-55-53(51(60)50(59)52(67-55)54(61)62)66-49(58)43-40-37-34-31-28-25-23-20-17-14-11-8-5-2/h8,11,15,17-20,22,25,28,34,37,46,50-53,55,59-60H,4-7,9-10,12-14,16,21,23-24,26-27,29-33,35-36,38-45H2,1-3H3,(H,61,62)/b11-8-,18-15-,20-17-,22-19-,28-25-,37-34-. The van der Waals surface area contributed by atoms with Gasteiger partial charge in [-0.05, 0) is 89.9 Å². The van der Waals surface area contributed by atoms with Crippen molar-refractivity contribution in [2.24, 2.45) is 0 Å². The van der Waals surface area contributed by atoms with E-state index in [1.54, 1.807) is 0 Å². The number of unbranched alkanes of at least 4 members (excludes halogenated alkanes) is 16. The smallest absolute Gasteiger partial charge is 0.335 e. The molecule has 1 heterocycles. The summed E-state index contributed by atoms with van der Waals surface area (Å²) in [7, 11) is 0. The third-order valence-electron chi connectivity index (χ3n) is 11.3. The molecular formula is C55H90O12. The van der Waals surface area contributed by atoms with Crippen LogP contribution in [0.4, 0.5) is 0 Å². The molecule has 0 spiro atoms. The number of aliphatic carboxylic acids is 1. The second-order valence-corrected chi connectivity index (χ2v) is 17.4. The number of carbonyl (C=O) groups is 4. The predicted octanol–water partition coefficient (Wildman–Crippen LogP) is 12.2. The van der Waals surface area contributed by atoms with Crippen molar-refractivity contribution in [3.63, 3.8) is 0 Å². The Morgan fingerprint density at radius 2 is 0.985 bits per heavy atom. The van der Waals surface area contributed by atoms with Gasteiger partial charge in [0.1, 0.15) is 18.8 Å². The number of rotatable bonds is 42. The summed E-state index contributed by atoms with van der Waals surface area (Å²) in [6, 6.07) is 0. The number of esters is 3. The highest BCUT2D eigenvalue weighted by atomic mass is 16.7. The number of hydrogen-bond donors (Lipinski definition) is 3. The van der Waals surface area contributed by atoms with Crippen LogP contribution in [0.15, 0.2) is 72.9 Å². The molecule has 0 bridgehead atoms. The van der Waals surface area contributed by atoms with Crippen LogP contribution in [0.5, 0.6) is 0 Å². The van der Waals surface area contributed by atoms with E-state index in [1.165, 1.54) is 38.5 Å². The molecule has 12 heteroatoms. The van der Waals surface area contributed by atoms with Crippen molar-refractivity contribution in [1.29, 1.82) is 0 Å². The van der Waals surface area contributed by atoms with Gasteiger partial charge in [0.2, 0.25) is 0 Å². The van der Waals surface area contributed by atoms with Gasteiger partial charge in [0.25, 0.3) is 0 Å². The molecule has 382 valence electrons. The van der Waals surface area contributed by atoms with Gasteiger partial charge in [-0.2, -0.15) is 0 Å². The fourth-order valence-electron chi connectivity index (χ4n) is 7.24. The highest BCUT2D eigenvalue weighted by Crippen LogP contribution is 2.26. The van der Waals surface area contributed by atoms with Crippen molar-refractivity contribution in [2.45, 2.75) is 237 Å². The molecule has 0 saturated carbocycles. The van der Waals surface area contributed by atoms with E-state index < -0.39 is 67.3 Å². The summed E-state index contributed by atoms with van der Waals surface area (Å²) < 4.78 is 28.1. The molecule has 0 aliphatic carbocycles. The maximum atomic E-state index is 13.0. The Morgan fingerprint density at radius 1 is 0.507 bits per heavy atom. The first-order chi connectivity index (χ1) is 32.6. The van der Waals surface area contributed by atoms with Crippen molar-refractivity contribution < 1.29 is 58.2 Å². The largest absolute Gasteiger partial charge is 0.479 e. The van der Waals surface area contributed by atoms with Crippen LogP contribution in [0.25, 0.3) is 0 Å². The number of carboxylic acids is 1. The van der Waals surface area contributed by atoms with E-state index in [4.69, 9.17) is 23.7 Å². The van der Waals surface area contributed by atoms with E-state index in [0.29, 0.717) is 25.7 Å². The highest BCUT2D eigenvalue weighted by Gasteiger charge is 2.50. The van der Waals surface area contributed by atoms with Crippen molar-refractivity contribution in [3.05, 3.63) is 72.9 Å². The van der Waals surface area contributed by atoms with Crippen molar-refractivity contribution in [2.75, 3.05) is 13.2 Å². The van der Waals surface area contributed by atoms with Gasteiger partial charge in [-0.25, -0.2) is 4.79 Å². The quantitative estimate of drug-likeness (QED) is 0.0229. The average Bonchev–Trinajstić information content (AvgIpc) is 3.31. The van der Waals surface area contributed by atoms with Gasteiger partial charge in [0.05, 0.1) is 6.61 Å². The van der Waals surface area contributed by atoms with Crippen LogP contribution in [-0.4, -0.2) is 89.2 Å². The van der Waals surface area contributed by atoms with Crippen LogP contribution >= 0.6 is 0 Å². The Labute approximate surface area is 404 Å². The van der Waals surface area contributed by atoms with E-state index in [1.807, 2.05) is 18.2 Å². The van der Waals surface area contributed by atoms with Crippen LogP contribution < -0.4 is 0 Å². The van der Waals surface area contributed by atoms with Crippen molar-refractivity contribution in [3.8, 4) is 0 Å².